The fraction of sp³-hybridized carbons (Fsp3) is 0.267. The van der Waals surface area contributed by atoms with Crippen LogP contribution in [0.4, 0.5) is 5.95 Å². The average Bonchev–Trinajstić information content (AvgIpc) is 2.89. The topological polar surface area (TPSA) is 85.8 Å². The summed E-state index contributed by atoms with van der Waals surface area (Å²) >= 11 is 7.51. The van der Waals surface area contributed by atoms with Crippen molar-refractivity contribution in [3.8, 4) is 0 Å². The molecule has 3 N–H and O–H groups in total. The number of aromatic nitrogens is 3. The van der Waals surface area contributed by atoms with E-state index in [2.05, 4.69) is 15.4 Å². The van der Waals surface area contributed by atoms with Gasteiger partial charge in [0.15, 0.2) is 0 Å². The Morgan fingerprint density at radius 1 is 1.43 bits per heavy atom. The lowest BCUT2D eigenvalue weighted by Gasteiger charge is -2.27. The van der Waals surface area contributed by atoms with Crippen LogP contribution in [0.15, 0.2) is 40.7 Å². The van der Waals surface area contributed by atoms with Gasteiger partial charge >= 0.3 is 0 Å². The molecule has 0 radical (unpaired) electrons. The van der Waals surface area contributed by atoms with Crippen LogP contribution in [0.25, 0.3) is 0 Å². The van der Waals surface area contributed by atoms with Gasteiger partial charge in [0.1, 0.15) is 6.04 Å². The lowest BCUT2D eigenvalue weighted by molar-refractivity contribution is -0.115. The maximum Gasteiger partial charge on any atom is 0.248 e. The minimum absolute atomic E-state index is 0.417. The Bertz CT molecular complexity index is 784. The number of anilines is 1. The smallest absolute Gasteiger partial charge is 0.248 e. The first kappa shape index (κ1) is 15.9. The highest BCUT2D eigenvalue weighted by Gasteiger charge is 2.33. The number of nitrogens with one attached hydrogen (secondary N) is 1. The normalized spacial score (nSPS) is 16.9. The lowest BCUT2D eigenvalue weighted by atomic mass is 9.95. The quantitative estimate of drug-likeness (QED) is 0.829. The van der Waals surface area contributed by atoms with E-state index in [4.69, 9.17) is 17.3 Å². The fourth-order valence-electron chi connectivity index (χ4n) is 2.59. The van der Waals surface area contributed by atoms with E-state index in [1.54, 1.807) is 28.6 Å². The van der Waals surface area contributed by atoms with Gasteiger partial charge in [0.05, 0.1) is 5.57 Å². The molecule has 1 atom stereocenters. The van der Waals surface area contributed by atoms with Crippen molar-refractivity contribution >= 4 is 35.2 Å². The zero-order valence-corrected chi connectivity index (χ0v) is 14.3. The predicted octanol–water partition coefficient (Wildman–Crippen LogP) is 2.82. The molecule has 2 aromatic rings. The average molecular weight is 350 g/mol. The Labute approximate surface area is 143 Å². The molecule has 2 heterocycles. The third-order valence-corrected chi connectivity index (χ3v) is 4.53. The SMILES string of the molecule is CCSc1nc2n(n1)[C@@H](c1ccc(Cl)cc1)C(C(N)=O)=C(C)N2. The van der Waals surface area contributed by atoms with Crippen molar-refractivity contribution < 1.29 is 4.79 Å². The fourth-order valence-corrected chi connectivity index (χ4v) is 3.27. The first-order valence-electron chi connectivity index (χ1n) is 7.13. The number of nitrogens with two attached hydrogens (primary N) is 1. The third kappa shape index (κ3) is 2.94. The van der Waals surface area contributed by atoms with Gasteiger partial charge in [-0.15, -0.1) is 5.10 Å². The standard InChI is InChI=1S/C15H16ClN5OS/c1-3-23-15-19-14-18-8(2)11(13(17)22)12(21(14)20-15)9-4-6-10(16)7-5-9/h4-7,12H,3H2,1-2H3,(H2,17,22)(H,18,19,20)/t12-/m0/s1. The van der Waals surface area contributed by atoms with E-state index >= 15 is 0 Å². The zero-order valence-electron chi connectivity index (χ0n) is 12.7. The summed E-state index contributed by atoms with van der Waals surface area (Å²) in [4.78, 5) is 16.5. The number of carbonyl (C=O) groups is 1. The number of benzene rings is 1. The van der Waals surface area contributed by atoms with Gasteiger partial charge < -0.3 is 11.1 Å². The summed E-state index contributed by atoms with van der Waals surface area (Å²) in [7, 11) is 0. The summed E-state index contributed by atoms with van der Waals surface area (Å²) < 4.78 is 1.70. The Balaban J connectivity index is 2.15. The molecule has 3 rings (SSSR count). The Morgan fingerprint density at radius 2 is 2.13 bits per heavy atom. The first-order valence-corrected chi connectivity index (χ1v) is 8.50. The molecule has 23 heavy (non-hydrogen) atoms. The second kappa shape index (κ2) is 6.25. The Hall–Kier alpha value is -1.99. The van der Waals surface area contributed by atoms with Gasteiger partial charge in [-0.2, -0.15) is 4.98 Å². The van der Waals surface area contributed by atoms with Gasteiger partial charge in [0.25, 0.3) is 0 Å². The molecule has 1 aliphatic heterocycles. The van der Waals surface area contributed by atoms with E-state index in [0.29, 0.717) is 27.4 Å². The number of primary amides is 1. The van der Waals surface area contributed by atoms with Crippen LogP contribution in [0, 0.1) is 0 Å². The summed E-state index contributed by atoms with van der Waals surface area (Å²) in [5.74, 6) is 0.980. The first-order chi connectivity index (χ1) is 11.0. The number of carbonyl (C=O) groups excluding carboxylic acids is 1. The van der Waals surface area contributed by atoms with Gasteiger partial charge in [-0.3, -0.25) is 4.79 Å². The van der Waals surface area contributed by atoms with Crippen molar-refractivity contribution in [1.29, 1.82) is 0 Å². The highest BCUT2D eigenvalue weighted by Crippen LogP contribution is 2.36. The summed E-state index contributed by atoms with van der Waals surface area (Å²) in [6, 6.07) is 6.88. The summed E-state index contributed by atoms with van der Waals surface area (Å²) in [6.07, 6.45) is 0. The van der Waals surface area contributed by atoms with Crippen LogP contribution in [0.5, 0.6) is 0 Å². The number of thioether (sulfide) groups is 1. The van der Waals surface area contributed by atoms with E-state index in [1.807, 2.05) is 26.0 Å². The van der Waals surface area contributed by atoms with Crippen LogP contribution >= 0.6 is 23.4 Å². The molecule has 0 unspecified atom stereocenters. The van der Waals surface area contributed by atoms with Gasteiger partial charge in [-0.1, -0.05) is 42.4 Å². The minimum atomic E-state index is -0.485. The summed E-state index contributed by atoms with van der Waals surface area (Å²) in [5, 5.41) is 8.92. The molecular weight excluding hydrogens is 334 g/mol. The van der Waals surface area contributed by atoms with E-state index in [9.17, 15) is 4.79 Å². The third-order valence-electron chi connectivity index (χ3n) is 3.56. The monoisotopic (exact) mass is 349 g/mol. The van der Waals surface area contributed by atoms with E-state index in [0.717, 1.165) is 11.3 Å². The maximum absolute atomic E-state index is 12.0. The minimum Gasteiger partial charge on any atom is -0.366 e. The molecule has 1 aliphatic rings. The molecule has 0 saturated heterocycles. The van der Waals surface area contributed by atoms with Crippen LogP contribution in [0.3, 0.4) is 0 Å². The van der Waals surface area contributed by atoms with Crippen LogP contribution in [-0.2, 0) is 4.79 Å². The Kier molecular flexibility index (Phi) is 4.32. The lowest BCUT2D eigenvalue weighted by Crippen LogP contribution is -2.31. The summed E-state index contributed by atoms with van der Waals surface area (Å²) in [6.45, 7) is 3.85. The van der Waals surface area contributed by atoms with Crippen molar-refractivity contribution in [2.24, 2.45) is 5.73 Å². The number of halogens is 1. The maximum atomic E-state index is 12.0. The van der Waals surface area contributed by atoms with Gasteiger partial charge in [0.2, 0.25) is 17.0 Å². The number of amides is 1. The molecule has 1 aromatic heterocycles. The number of hydrogen-bond donors (Lipinski definition) is 2. The van der Waals surface area contributed by atoms with Crippen LogP contribution in [0.2, 0.25) is 5.02 Å². The van der Waals surface area contributed by atoms with Gasteiger partial charge in [0, 0.05) is 10.7 Å². The molecule has 0 bridgehead atoms. The second-order valence-electron chi connectivity index (χ2n) is 5.08. The molecule has 0 aliphatic carbocycles. The van der Waals surface area contributed by atoms with Crippen molar-refractivity contribution in [1.82, 2.24) is 14.8 Å². The highest BCUT2D eigenvalue weighted by molar-refractivity contribution is 7.99. The van der Waals surface area contributed by atoms with Crippen LogP contribution < -0.4 is 11.1 Å². The Morgan fingerprint density at radius 3 is 2.74 bits per heavy atom. The van der Waals surface area contributed by atoms with Crippen molar-refractivity contribution in [2.75, 3.05) is 11.1 Å². The van der Waals surface area contributed by atoms with Gasteiger partial charge in [-0.25, -0.2) is 4.68 Å². The summed E-state index contributed by atoms with van der Waals surface area (Å²) in [5.41, 5.74) is 7.64. The molecule has 0 saturated carbocycles. The number of allylic oxidation sites excluding steroid dienone is 1. The second-order valence-corrected chi connectivity index (χ2v) is 6.75. The van der Waals surface area contributed by atoms with E-state index < -0.39 is 11.9 Å². The number of hydrogen-bond acceptors (Lipinski definition) is 5. The zero-order chi connectivity index (χ0) is 16.6. The largest absolute Gasteiger partial charge is 0.366 e. The highest BCUT2D eigenvalue weighted by atomic mass is 35.5. The van der Waals surface area contributed by atoms with Gasteiger partial charge in [-0.05, 0) is 30.4 Å². The van der Waals surface area contributed by atoms with Crippen LogP contribution in [-0.4, -0.2) is 26.4 Å². The molecule has 0 fully saturated rings. The van der Waals surface area contributed by atoms with Crippen molar-refractivity contribution in [3.63, 3.8) is 0 Å². The van der Waals surface area contributed by atoms with Crippen molar-refractivity contribution in [3.05, 3.63) is 46.1 Å². The molecular formula is C15H16ClN5OS. The number of nitrogens with zero attached hydrogens (tertiary/aromatic N) is 3. The molecule has 1 amide bonds. The number of rotatable bonds is 4. The molecule has 6 nitrogen and oxygen atoms in total. The van der Waals surface area contributed by atoms with Crippen LogP contribution in [0.1, 0.15) is 25.5 Å². The predicted molar refractivity (Wildman–Crippen MR) is 91.5 cm³/mol. The molecule has 8 heteroatoms. The molecule has 1 aromatic carbocycles. The van der Waals surface area contributed by atoms with E-state index in [1.165, 1.54) is 0 Å². The number of fused-ring (bicyclic) bond motifs is 1. The van der Waals surface area contributed by atoms with E-state index in [-0.39, 0.29) is 0 Å². The van der Waals surface area contributed by atoms with Crippen molar-refractivity contribution in [2.45, 2.75) is 25.0 Å². The molecule has 120 valence electrons. The molecule has 0 spiro atoms.